The van der Waals surface area contributed by atoms with Crippen molar-refractivity contribution in [2.45, 2.75) is 6.92 Å². The molecule has 66 valence electrons. The first-order valence-electron chi connectivity index (χ1n) is 3.54. The van der Waals surface area contributed by atoms with Crippen molar-refractivity contribution in [3.05, 3.63) is 11.2 Å². The highest BCUT2D eigenvalue weighted by Gasteiger charge is 2.21. The molecule has 0 aromatic carbocycles. The molecule has 1 saturated heterocycles. The number of amides is 1. The molecule has 1 N–H and O–H groups in total. The van der Waals surface area contributed by atoms with Crippen molar-refractivity contribution in [2.24, 2.45) is 0 Å². The molecule has 0 aromatic heterocycles. The van der Waals surface area contributed by atoms with Crippen LogP contribution in [0.2, 0.25) is 0 Å². The summed E-state index contributed by atoms with van der Waals surface area (Å²) in [5.74, 6) is -0.104. The van der Waals surface area contributed by atoms with Crippen LogP contribution in [0.5, 0.6) is 0 Å². The first-order chi connectivity index (χ1) is 5.74. The molecule has 0 atom stereocenters. The third kappa shape index (κ3) is 2.27. The molecule has 0 aromatic rings. The lowest BCUT2D eigenvalue weighted by Crippen LogP contribution is -2.32. The standard InChI is InChI=1S/C7H9NO3S/c1-2-11-4-6-5(9)3-8-7(10)12-6/h4H,2-3H2,1H3,(H,8,10)/b6-4+. The molecule has 4 nitrogen and oxygen atoms in total. The van der Waals surface area contributed by atoms with Gasteiger partial charge >= 0.3 is 0 Å². The van der Waals surface area contributed by atoms with Crippen LogP contribution < -0.4 is 5.32 Å². The summed E-state index contributed by atoms with van der Waals surface area (Å²) in [6, 6.07) is 0. The van der Waals surface area contributed by atoms with Gasteiger partial charge in [0, 0.05) is 0 Å². The fraction of sp³-hybridized carbons (Fsp3) is 0.429. The third-order valence-corrected chi connectivity index (χ3v) is 2.10. The molecule has 0 saturated carbocycles. The zero-order chi connectivity index (χ0) is 8.97. The summed E-state index contributed by atoms with van der Waals surface area (Å²) in [5.41, 5.74) is 0. The number of carbonyl (C=O) groups is 2. The van der Waals surface area contributed by atoms with Gasteiger partial charge in [-0.1, -0.05) is 0 Å². The van der Waals surface area contributed by atoms with Gasteiger partial charge in [0.2, 0.25) is 0 Å². The van der Waals surface area contributed by atoms with E-state index in [0.29, 0.717) is 11.5 Å². The molecule has 1 aliphatic rings. The van der Waals surface area contributed by atoms with Gasteiger partial charge in [-0.3, -0.25) is 9.59 Å². The second kappa shape index (κ2) is 4.15. The van der Waals surface area contributed by atoms with Gasteiger partial charge in [0.05, 0.1) is 18.1 Å². The molecule has 0 radical (unpaired) electrons. The van der Waals surface area contributed by atoms with Crippen molar-refractivity contribution < 1.29 is 14.3 Å². The summed E-state index contributed by atoms with van der Waals surface area (Å²) < 4.78 is 4.91. The van der Waals surface area contributed by atoms with Crippen LogP contribution in [0.25, 0.3) is 0 Å². The van der Waals surface area contributed by atoms with Crippen LogP contribution in [0.15, 0.2) is 11.2 Å². The number of carbonyl (C=O) groups excluding carboxylic acids is 2. The Morgan fingerprint density at radius 3 is 3.08 bits per heavy atom. The van der Waals surface area contributed by atoms with Crippen LogP contribution in [0.1, 0.15) is 6.92 Å². The molecular weight excluding hydrogens is 178 g/mol. The lowest BCUT2D eigenvalue weighted by molar-refractivity contribution is -0.114. The number of thioether (sulfide) groups is 1. The third-order valence-electron chi connectivity index (χ3n) is 1.23. The van der Waals surface area contributed by atoms with Gasteiger partial charge in [-0.2, -0.15) is 0 Å². The van der Waals surface area contributed by atoms with Crippen LogP contribution >= 0.6 is 11.8 Å². The van der Waals surface area contributed by atoms with E-state index in [-0.39, 0.29) is 17.6 Å². The van der Waals surface area contributed by atoms with Crippen molar-refractivity contribution in [1.82, 2.24) is 5.32 Å². The summed E-state index contributed by atoms with van der Waals surface area (Å²) >= 11 is 0.871. The van der Waals surface area contributed by atoms with E-state index in [0.717, 1.165) is 11.8 Å². The fourth-order valence-corrected chi connectivity index (χ4v) is 1.33. The van der Waals surface area contributed by atoms with Gasteiger partial charge in [0.1, 0.15) is 6.26 Å². The van der Waals surface area contributed by atoms with Gasteiger partial charge in [0.25, 0.3) is 5.24 Å². The molecule has 1 amide bonds. The van der Waals surface area contributed by atoms with Crippen LogP contribution in [-0.4, -0.2) is 24.2 Å². The maximum absolute atomic E-state index is 11.1. The predicted octanol–water partition coefficient (Wildman–Crippen LogP) is 0.890. The van der Waals surface area contributed by atoms with Crippen LogP contribution in [-0.2, 0) is 9.53 Å². The van der Waals surface area contributed by atoms with Crippen LogP contribution in [0, 0.1) is 0 Å². The van der Waals surface area contributed by atoms with E-state index in [1.54, 1.807) is 0 Å². The molecule has 12 heavy (non-hydrogen) atoms. The number of ketones is 1. The van der Waals surface area contributed by atoms with E-state index in [1.165, 1.54) is 6.26 Å². The first kappa shape index (κ1) is 9.12. The summed E-state index contributed by atoms with van der Waals surface area (Å²) in [6.45, 7) is 2.39. The van der Waals surface area contributed by atoms with E-state index in [9.17, 15) is 9.59 Å². The van der Waals surface area contributed by atoms with E-state index in [2.05, 4.69) is 5.32 Å². The average molecular weight is 187 g/mol. The summed E-state index contributed by atoms with van der Waals surface area (Å²) in [6.07, 6.45) is 1.34. The zero-order valence-corrected chi connectivity index (χ0v) is 7.44. The van der Waals surface area contributed by atoms with Gasteiger partial charge < -0.3 is 10.1 Å². The average Bonchev–Trinajstić information content (AvgIpc) is 2.07. The Morgan fingerprint density at radius 1 is 1.67 bits per heavy atom. The Morgan fingerprint density at radius 2 is 2.42 bits per heavy atom. The zero-order valence-electron chi connectivity index (χ0n) is 6.62. The largest absolute Gasteiger partial charge is 0.500 e. The van der Waals surface area contributed by atoms with Crippen molar-refractivity contribution in [2.75, 3.05) is 13.2 Å². The van der Waals surface area contributed by atoms with Gasteiger partial charge in [0.15, 0.2) is 5.78 Å². The molecule has 1 aliphatic heterocycles. The van der Waals surface area contributed by atoms with E-state index < -0.39 is 0 Å². The maximum Gasteiger partial charge on any atom is 0.284 e. The highest BCUT2D eigenvalue weighted by molar-refractivity contribution is 8.17. The Kier molecular flexibility index (Phi) is 3.16. The molecule has 0 aliphatic carbocycles. The van der Waals surface area contributed by atoms with Crippen molar-refractivity contribution >= 4 is 22.8 Å². The van der Waals surface area contributed by atoms with E-state index in [1.807, 2.05) is 6.92 Å². The summed E-state index contributed by atoms with van der Waals surface area (Å²) in [4.78, 5) is 22.2. The summed E-state index contributed by atoms with van der Waals surface area (Å²) in [5, 5.41) is 2.21. The minimum atomic E-state index is -0.208. The molecule has 1 rings (SSSR count). The van der Waals surface area contributed by atoms with Crippen molar-refractivity contribution in [3.63, 3.8) is 0 Å². The second-order valence-corrected chi connectivity index (χ2v) is 3.12. The topological polar surface area (TPSA) is 55.4 Å². The maximum atomic E-state index is 11.1. The van der Waals surface area contributed by atoms with Crippen LogP contribution in [0.4, 0.5) is 4.79 Å². The van der Waals surface area contributed by atoms with E-state index in [4.69, 9.17) is 4.74 Å². The smallest absolute Gasteiger partial charge is 0.284 e. The van der Waals surface area contributed by atoms with Gasteiger partial charge in [-0.25, -0.2) is 0 Å². The summed E-state index contributed by atoms with van der Waals surface area (Å²) in [7, 11) is 0. The SMILES string of the molecule is CCO/C=C1/SC(=O)NCC1=O. The number of Topliss-reactive ketones (excluding diaryl/α,β-unsaturated/α-hetero) is 1. The molecule has 1 heterocycles. The quantitative estimate of drug-likeness (QED) is 0.515. The number of hydrogen-bond donors (Lipinski definition) is 1. The number of ether oxygens (including phenoxy) is 1. The molecular formula is C7H9NO3S. The first-order valence-corrected chi connectivity index (χ1v) is 4.36. The Hall–Kier alpha value is -0.970. The second-order valence-electron chi connectivity index (χ2n) is 2.10. The van der Waals surface area contributed by atoms with Gasteiger partial charge in [-0.05, 0) is 18.7 Å². The van der Waals surface area contributed by atoms with E-state index >= 15 is 0 Å². The minimum Gasteiger partial charge on any atom is -0.500 e. The molecule has 0 spiro atoms. The highest BCUT2D eigenvalue weighted by Crippen LogP contribution is 2.20. The lowest BCUT2D eigenvalue weighted by atomic mass is 10.4. The molecule has 0 bridgehead atoms. The predicted molar refractivity (Wildman–Crippen MR) is 45.7 cm³/mol. The number of hydrogen-bond acceptors (Lipinski definition) is 4. The molecule has 1 fully saturated rings. The lowest BCUT2D eigenvalue weighted by Gasteiger charge is -2.12. The normalized spacial score (nSPS) is 20.9. The van der Waals surface area contributed by atoms with Crippen molar-refractivity contribution in [3.8, 4) is 0 Å². The Labute approximate surface area is 74.3 Å². The number of rotatable bonds is 2. The highest BCUT2D eigenvalue weighted by atomic mass is 32.2. The van der Waals surface area contributed by atoms with Crippen molar-refractivity contribution in [1.29, 1.82) is 0 Å². The number of nitrogens with one attached hydrogen (secondary N) is 1. The fourth-order valence-electron chi connectivity index (χ4n) is 0.681. The minimum absolute atomic E-state index is 0.0741. The molecule has 5 heteroatoms. The Bertz CT molecular complexity index is 237. The van der Waals surface area contributed by atoms with Crippen LogP contribution in [0.3, 0.4) is 0 Å². The molecule has 0 unspecified atom stereocenters. The van der Waals surface area contributed by atoms with Gasteiger partial charge in [-0.15, -0.1) is 0 Å². The Balaban J connectivity index is 2.60. The monoisotopic (exact) mass is 187 g/mol.